The van der Waals surface area contributed by atoms with Crippen LogP contribution in [0.1, 0.15) is 27.7 Å². The van der Waals surface area contributed by atoms with Gasteiger partial charge in [-0.1, -0.05) is 0 Å². The van der Waals surface area contributed by atoms with Gasteiger partial charge in [-0.2, -0.15) is 9.82 Å². The first kappa shape index (κ1) is 14.7. The predicted octanol–water partition coefficient (Wildman–Crippen LogP) is 0.389. The van der Waals surface area contributed by atoms with Gasteiger partial charge in [0, 0.05) is 6.20 Å². The lowest BCUT2D eigenvalue weighted by atomic mass is 10.1. The first-order valence-electron chi connectivity index (χ1n) is 5.34. The Bertz CT molecular complexity index is 542. The van der Waals surface area contributed by atoms with Gasteiger partial charge >= 0.3 is 5.97 Å². The number of carboxylic acids is 1. The number of hydrogen-bond acceptors (Lipinski definition) is 4. The van der Waals surface area contributed by atoms with Crippen molar-refractivity contribution < 1.29 is 18.3 Å². The molecular formula is C10H17N3O4S. The zero-order valence-electron chi connectivity index (χ0n) is 10.7. The molecule has 1 aromatic heterocycles. The molecule has 18 heavy (non-hydrogen) atoms. The Morgan fingerprint density at radius 1 is 1.50 bits per heavy atom. The summed E-state index contributed by atoms with van der Waals surface area (Å²) >= 11 is 0. The van der Waals surface area contributed by atoms with E-state index in [0.717, 1.165) is 0 Å². The second-order valence-corrected chi connectivity index (χ2v) is 6.69. The minimum atomic E-state index is -3.86. The first-order valence-corrected chi connectivity index (χ1v) is 6.82. The Labute approximate surface area is 106 Å². The molecule has 1 aromatic rings. The van der Waals surface area contributed by atoms with Gasteiger partial charge in [0.05, 0.1) is 11.7 Å². The van der Waals surface area contributed by atoms with E-state index in [0.29, 0.717) is 0 Å². The lowest BCUT2D eigenvalue weighted by Gasteiger charge is -2.18. The van der Waals surface area contributed by atoms with Crippen LogP contribution in [0.3, 0.4) is 0 Å². The molecule has 0 aliphatic heterocycles. The largest absolute Gasteiger partial charge is 0.480 e. The fourth-order valence-corrected chi connectivity index (χ4v) is 2.29. The second-order valence-electron chi connectivity index (χ2n) is 4.97. The average molecular weight is 275 g/mol. The molecule has 0 fully saturated rings. The molecule has 0 amide bonds. The van der Waals surface area contributed by atoms with E-state index in [1.807, 2.05) is 20.8 Å². The molecule has 7 nitrogen and oxygen atoms in total. The molecule has 1 unspecified atom stereocenters. The van der Waals surface area contributed by atoms with E-state index in [4.69, 9.17) is 5.11 Å². The number of aliphatic carboxylic acids is 1. The van der Waals surface area contributed by atoms with E-state index in [9.17, 15) is 13.2 Å². The van der Waals surface area contributed by atoms with Gasteiger partial charge in [0.1, 0.15) is 10.9 Å². The van der Waals surface area contributed by atoms with Crippen LogP contribution >= 0.6 is 0 Å². The predicted molar refractivity (Wildman–Crippen MR) is 64.6 cm³/mol. The van der Waals surface area contributed by atoms with Gasteiger partial charge in [0.25, 0.3) is 0 Å². The van der Waals surface area contributed by atoms with Crippen molar-refractivity contribution in [2.24, 2.45) is 0 Å². The van der Waals surface area contributed by atoms with Gasteiger partial charge in [-0.25, -0.2) is 8.42 Å². The lowest BCUT2D eigenvalue weighted by Crippen LogP contribution is -2.38. The summed E-state index contributed by atoms with van der Waals surface area (Å²) in [7, 11) is -3.86. The zero-order chi connectivity index (χ0) is 14.1. The fraction of sp³-hybridized carbons (Fsp3) is 0.600. The van der Waals surface area contributed by atoms with Crippen molar-refractivity contribution in [3.05, 3.63) is 12.4 Å². The van der Waals surface area contributed by atoms with Crippen LogP contribution in [0.25, 0.3) is 0 Å². The molecule has 0 radical (unpaired) electrons. The van der Waals surface area contributed by atoms with Crippen LogP contribution < -0.4 is 4.72 Å². The summed E-state index contributed by atoms with van der Waals surface area (Å²) in [6, 6.07) is -1.19. The number of hydrogen-bond donors (Lipinski definition) is 2. The summed E-state index contributed by atoms with van der Waals surface area (Å²) in [4.78, 5) is 10.6. The van der Waals surface area contributed by atoms with Crippen LogP contribution in [0.5, 0.6) is 0 Å². The molecular weight excluding hydrogens is 258 g/mol. The van der Waals surface area contributed by atoms with E-state index < -0.39 is 22.0 Å². The SMILES string of the molecule is CC(NS(=O)(=O)c1cnn(C(C)(C)C)c1)C(=O)O. The summed E-state index contributed by atoms with van der Waals surface area (Å²) in [6.07, 6.45) is 2.57. The summed E-state index contributed by atoms with van der Waals surface area (Å²) in [5, 5.41) is 12.6. The molecule has 0 aromatic carbocycles. The third-order valence-corrected chi connectivity index (χ3v) is 3.75. The molecule has 0 bridgehead atoms. The van der Waals surface area contributed by atoms with Gasteiger partial charge in [0.15, 0.2) is 0 Å². The Morgan fingerprint density at radius 3 is 2.44 bits per heavy atom. The summed E-state index contributed by atoms with van der Waals surface area (Å²) < 4.78 is 27.3. The van der Waals surface area contributed by atoms with Crippen molar-refractivity contribution in [1.29, 1.82) is 0 Å². The molecule has 0 aliphatic carbocycles. The van der Waals surface area contributed by atoms with Crippen molar-refractivity contribution in [3.63, 3.8) is 0 Å². The highest BCUT2D eigenvalue weighted by Crippen LogP contribution is 2.16. The van der Waals surface area contributed by atoms with E-state index in [1.54, 1.807) is 0 Å². The minimum Gasteiger partial charge on any atom is -0.480 e. The monoisotopic (exact) mass is 275 g/mol. The van der Waals surface area contributed by atoms with Gasteiger partial charge in [-0.3, -0.25) is 9.48 Å². The van der Waals surface area contributed by atoms with Crippen LogP contribution in [-0.2, 0) is 20.4 Å². The van der Waals surface area contributed by atoms with Crippen LogP contribution in [0.4, 0.5) is 0 Å². The third kappa shape index (κ3) is 3.30. The molecule has 0 spiro atoms. The maximum atomic E-state index is 11.9. The van der Waals surface area contributed by atoms with Crippen LogP contribution in [0.2, 0.25) is 0 Å². The number of nitrogens with zero attached hydrogens (tertiary/aromatic N) is 2. The number of carbonyl (C=O) groups is 1. The average Bonchev–Trinajstić information content (AvgIpc) is 2.64. The van der Waals surface area contributed by atoms with E-state index in [2.05, 4.69) is 9.82 Å². The van der Waals surface area contributed by atoms with Gasteiger partial charge < -0.3 is 5.11 Å². The molecule has 2 N–H and O–H groups in total. The number of rotatable bonds is 4. The van der Waals surface area contributed by atoms with Crippen LogP contribution in [-0.4, -0.2) is 35.3 Å². The quantitative estimate of drug-likeness (QED) is 0.827. The highest BCUT2D eigenvalue weighted by molar-refractivity contribution is 7.89. The highest BCUT2D eigenvalue weighted by Gasteiger charge is 2.24. The van der Waals surface area contributed by atoms with Crippen LogP contribution in [0, 0.1) is 0 Å². The maximum Gasteiger partial charge on any atom is 0.321 e. The Morgan fingerprint density at radius 2 is 2.06 bits per heavy atom. The molecule has 8 heteroatoms. The Kier molecular flexibility index (Phi) is 3.82. The van der Waals surface area contributed by atoms with Crippen molar-refractivity contribution in [2.75, 3.05) is 0 Å². The highest BCUT2D eigenvalue weighted by atomic mass is 32.2. The molecule has 0 saturated heterocycles. The zero-order valence-corrected chi connectivity index (χ0v) is 11.5. The number of nitrogens with one attached hydrogen (secondary N) is 1. The van der Waals surface area contributed by atoms with Crippen molar-refractivity contribution in [3.8, 4) is 0 Å². The van der Waals surface area contributed by atoms with E-state index >= 15 is 0 Å². The maximum absolute atomic E-state index is 11.9. The van der Waals surface area contributed by atoms with Crippen molar-refractivity contribution in [1.82, 2.24) is 14.5 Å². The van der Waals surface area contributed by atoms with Crippen molar-refractivity contribution in [2.45, 2.75) is 44.2 Å². The smallest absolute Gasteiger partial charge is 0.321 e. The number of carboxylic acid groups (broad SMARTS) is 1. The molecule has 0 saturated carbocycles. The second kappa shape index (κ2) is 4.69. The lowest BCUT2D eigenvalue weighted by molar-refractivity contribution is -0.138. The standard InChI is InChI=1S/C10H17N3O4S/c1-7(9(14)15)12-18(16,17)8-5-11-13(6-8)10(2,3)4/h5-7,12H,1-4H3,(H,14,15). The van der Waals surface area contributed by atoms with E-state index in [-0.39, 0.29) is 10.4 Å². The molecule has 1 atom stereocenters. The molecule has 0 aliphatic rings. The molecule has 102 valence electrons. The normalized spacial score (nSPS) is 14.4. The van der Waals surface area contributed by atoms with Gasteiger partial charge in [-0.05, 0) is 27.7 Å². The topological polar surface area (TPSA) is 101 Å². The molecule has 1 heterocycles. The van der Waals surface area contributed by atoms with Crippen molar-refractivity contribution >= 4 is 16.0 Å². The minimum absolute atomic E-state index is 0.0504. The van der Waals surface area contributed by atoms with E-state index in [1.165, 1.54) is 24.0 Å². The van der Waals surface area contributed by atoms with Gasteiger partial charge in [-0.15, -0.1) is 0 Å². The summed E-state index contributed by atoms with van der Waals surface area (Å²) in [6.45, 7) is 6.89. The number of aromatic nitrogens is 2. The van der Waals surface area contributed by atoms with Gasteiger partial charge in [0.2, 0.25) is 10.0 Å². The fourth-order valence-electron chi connectivity index (χ4n) is 1.16. The number of sulfonamides is 1. The third-order valence-electron chi connectivity index (χ3n) is 2.26. The van der Waals surface area contributed by atoms with Crippen LogP contribution in [0.15, 0.2) is 17.3 Å². The Hall–Kier alpha value is -1.41. The Balaban J connectivity index is 3.00. The molecule has 1 rings (SSSR count). The summed E-state index contributed by atoms with van der Waals surface area (Å²) in [5.41, 5.74) is -0.341. The summed E-state index contributed by atoms with van der Waals surface area (Å²) in [5.74, 6) is -1.23. The first-order chi connectivity index (χ1) is 8.04.